The second-order valence-electron chi connectivity index (χ2n) is 8.72. The maximum atomic E-state index is 5.75. The molecule has 3 rings (SSSR count). The van der Waals surface area contributed by atoms with E-state index in [0.717, 1.165) is 49.9 Å². The summed E-state index contributed by atoms with van der Waals surface area (Å²) in [6.45, 7) is 13.3. The fourth-order valence-corrected chi connectivity index (χ4v) is 3.82. The fraction of sp³-hybridized carbons (Fsp3) is 0.682. The number of aliphatic imine (C=N–C) groups is 1. The van der Waals surface area contributed by atoms with Crippen LogP contribution in [0.4, 0.5) is 0 Å². The molecule has 0 aromatic heterocycles. The van der Waals surface area contributed by atoms with Gasteiger partial charge in [0.25, 0.3) is 0 Å². The van der Waals surface area contributed by atoms with Crippen LogP contribution in [-0.2, 0) is 5.41 Å². The number of rotatable bonds is 5. The lowest BCUT2D eigenvalue weighted by molar-refractivity contribution is 0.167. The molecule has 1 aromatic rings. The highest BCUT2D eigenvalue weighted by molar-refractivity contribution is 14.0. The van der Waals surface area contributed by atoms with E-state index in [9.17, 15) is 0 Å². The van der Waals surface area contributed by atoms with Crippen molar-refractivity contribution in [1.29, 1.82) is 0 Å². The SMILES string of the molecule is CN=C(NCC(C)(C)c1ccc2c(c1)OCCO2)NC1CCN(C(C)C)CC1.I. The number of piperidine rings is 1. The number of fused-ring (bicyclic) bond motifs is 1. The van der Waals surface area contributed by atoms with Crippen LogP contribution in [0, 0.1) is 0 Å². The lowest BCUT2D eigenvalue weighted by atomic mass is 9.84. The first kappa shape index (κ1) is 24.1. The minimum Gasteiger partial charge on any atom is -0.486 e. The Kier molecular flexibility index (Phi) is 8.88. The Morgan fingerprint density at radius 2 is 1.83 bits per heavy atom. The van der Waals surface area contributed by atoms with Crippen LogP contribution in [0.2, 0.25) is 0 Å². The molecule has 0 aliphatic carbocycles. The van der Waals surface area contributed by atoms with Crippen LogP contribution in [0.3, 0.4) is 0 Å². The van der Waals surface area contributed by atoms with Gasteiger partial charge in [0, 0.05) is 44.2 Å². The molecule has 7 heteroatoms. The zero-order valence-electron chi connectivity index (χ0n) is 18.5. The van der Waals surface area contributed by atoms with Gasteiger partial charge in [0.05, 0.1) is 0 Å². The van der Waals surface area contributed by atoms with Gasteiger partial charge in [-0.2, -0.15) is 0 Å². The first-order valence-electron chi connectivity index (χ1n) is 10.5. The molecule has 1 saturated heterocycles. The minimum atomic E-state index is -0.0610. The van der Waals surface area contributed by atoms with E-state index in [-0.39, 0.29) is 29.4 Å². The summed E-state index contributed by atoms with van der Waals surface area (Å²) in [6.07, 6.45) is 2.31. The minimum absolute atomic E-state index is 0. The number of halogens is 1. The molecular formula is C22H37IN4O2. The van der Waals surface area contributed by atoms with Gasteiger partial charge in [-0.15, -0.1) is 24.0 Å². The first-order valence-corrected chi connectivity index (χ1v) is 10.5. The van der Waals surface area contributed by atoms with Crippen LogP contribution in [0.25, 0.3) is 0 Å². The largest absolute Gasteiger partial charge is 0.486 e. The summed E-state index contributed by atoms with van der Waals surface area (Å²) >= 11 is 0. The molecule has 1 aromatic carbocycles. The number of ether oxygens (including phenoxy) is 2. The van der Waals surface area contributed by atoms with Crippen molar-refractivity contribution in [3.05, 3.63) is 23.8 Å². The lowest BCUT2D eigenvalue weighted by Crippen LogP contribution is -2.51. The standard InChI is InChI=1S/C22H36N4O2.HI/c1-16(2)26-10-8-18(9-11-26)25-21(23-5)24-15-22(3,4)17-6-7-19-20(14-17)28-13-12-27-19;/h6-7,14,16,18H,8-13,15H2,1-5H3,(H2,23,24,25);1H. The Morgan fingerprint density at radius 3 is 2.45 bits per heavy atom. The Balaban J connectivity index is 0.00000300. The van der Waals surface area contributed by atoms with E-state index in [1.54, 1.807) is 0 Å². The predicted octanol–water partition coefficient (Wildman–Crippen LogP) is 3.39. The molecule has 0 atom stereocenters. The predicted molar refractivity (Wildman–Crippen MR) is 130 cm³/mol. The summed E-state index contributed by atoms with van der Waals surface area (Å²) < 4.78 is 11.4. The van der Waals surface area contributed by atoms with Gasteiger partial charge in [0.15, 0.2) is 17.5 Å². The van der Waals surface area contributed by atoms with Crippen LogP contribution in [-0.4, -0.2) is 62.8 Å². The summed E-state index contributed by atoms with van der Waals surface area (Å²) in [6, 6.07) is 7.37. The average Bonchev–Trinajstić information content (AvgIpc) is 2.71. The molecule has 0 radical (unpaired) electrons. The second-order valence-corrected chi connectivity index (χ2v) is 8.72. The maximum absolute atomic E-state index is 5.75. The topological polar surface area (TPSA) is 58.1 Å². The summed E-state index contributed by atoms with van der Waals surface area (Å²) in [5.41, 5.74) is 1.17. The monoisotopic (exact) mass is 516 g/mol. The van der Waals surface area contributed by atoms with E-state index in [2.05, 4.69) is 60.4 Å². The number of benzene rings is 1. The van der Waals surface area contributed by atoms with Gasteiger partial charge in [0.2, 0.25) is 0 Å². The molecule has 2 heterocycles. The molecule has 0 unspecified atom stereocenters. The zero-order valence-corrected chi connectivity index (χ0v) is 20.8. The van der Waals surface area contributed by atoms with Gasteiger partial charge in [-0.3, -0.25) is 4.99 Å². The third-order valence-electron chi connectivity index (χ3n) is 5.85. The molecule has 2 aliphatic heterocycles. The molecule has 0 saturated carbocycles. The Morgan fingerprint density at radius 1 is 1.17 bits per heavy atom. The van der Waals surface area contributed by atoms with Gasteiger partial charge in [0.1, 0.15) is 13.2 Å². The molecular weight excluding hydrogens is 479 g/mol. The molecule has 164 valence electrons. The Bertz CT molecular complexity index is 685. The van der Waals surface area contributed by atoms with Crippen molar-refractivity contribution in [1.82, 2.24) is 15.5 Å². The zero-order chi connectivity index (χ0) is 20.1. The third-order valence-corrected chi connectivity index (χ3v) is 5.85. The van der Waals surface area contributed by atoms with Crippen LogP contribution in [0.5, 0.6) is 11.5 Å². The van der Waals surface area contributed by atoms with Crippen LogP contribution < -0.4 is 20.1 Å². The van der Waals surface area contributed by atoms with E-state index >= 15 is 0 Å². The molecule has 29 heavy (non-hydrogen) atoms. The van der Waals surface area contributed by atoms with Crippen molar-refractivity contribution in [3.8, 4) is 11.5 Å². The molecule has 2 N–H and O–H groups in total. The molecule has 0 amide bonds. The lowest BCUT2D eigenvalue weighted by Gasteiger charge is -2.35. The summed E-state index contributed by atoms with van der Waals surface area (Å²) in [5, 5.41) is 7.13. The van der Waals surface area contributed by atoms with Crippen LogP contribution in [0.15, 0.2) is 23.2 Å². The highest BCUT2D eigenvalue weighted by Crippen LogP contribution is 2.34. The van der Waals surface area contributed by atoms with Gasteiger partial charge in [-0.25, -0.2) is 0 Å². The number of guanidine groups is 1. The molecule has 0 spiro atoms. The highest BCUT2D eigenvalue weighted by Gasteiger charge is 2.25. The maximum Gasteiger partial charge on any atom is 0.191 e. The van der Waals surface area contributed by atoms with Crippen molar-refractivity contribution in [2.75, 3.05) is 39.9 Å². The number of nitrogens with one attached hydrogen (secondary N) is 2. The van der Waals surface area contributed by atoms with E-state index in [4.69, 9.17) is 9.47 Å². The smallest absolute Gasteiger partial charge is 0.191 e. The highest BCUT2D eigenvalue weighted by atomic mass is 127. The average molecular weight is 516 g/mol. The number of hydrogen-bond acceptors (Lipinski definition) is 4. The Hall–Kier alpha value is -1.22. The second kappa shape index (κ2) is 10.7. The third kappa shape index (κ3) is 6.38. The van der Waals surface area contributed by atoms with Gasteiger partial charge in [-0.05, 0) is 44.4 Å². The summed E-state index contributed by atoms with van der Waals surface area (Å²) in [5.74, 6) is 2.56. The summed E-state index contributed by atoms with van der Waals surface area (Å²) in [7, 11) is 1.84. The quantitative estimate of drug-likeness (QED) is 0.357. The van der Waals surface area contributed by atoms with Crippen LogP contribution in [0.1, 0.15) is 46.1 Å². The van der Waals surface area contributed by atoms with Gasteiger partial charge >= 0.3 is 0 Å². The van der Waals surface area contributed by atoms with Crippen molar-refractivity contribution < 1.29 is 9.47 Å². The normalized spacial score (nSPS) is 18.3. The first-order chi connectivity index (χ1) is 13.4. The molecule has 1 fully saturated rings. The Labute approximate surface area is 192 Å². The van der Waals surface area contributed by atoms with Crippen molar-refractivity contribution in [2.45, 2.75) is 58.0 Å². The van der Waals surface area contributed by atoms with E-state index < -0.39 is 0 Å². The number of hydrogen-bond donors (Lipinski definition) is 2. The van der Waals surface area contributed by atoms with Gasteiger partial charge in [-0.1, -0.05) is 19.9 Å². The van der Waals surface area contributed by atoms with Crippen LogP contribution >= 0.6 is 24.0 Å². The van der Waals surface area contributed by atoms with Crippen molar-refractivity contribution >= 4 is 29.9 Å². The summed E-state index contributed by atoms with van der Waals surface area (Å²) in [4.78, 5) is 6.98. The van der Waals surface area contributed by atoms with Gasteiger partial charge < -0.3 is 25.0 Å². The number of nitrogens with zero attached hydrogens (tertiary/aromatic N) is 2. The van der Waals surface area contributed by atoms with Crippen molar-refractivity contribution in [3.63, 3.8) is 0 Å². The van der Waals surface area contributed by atoms with Crippen molar-refractivity contribution in [2.24, 2.45) is 4.99 Å². The van der Waals surface area contributed by atoms with E-state index in [1.165, 1.54) is 5.56 Å². The molecule has 0 bridgehead atoms. The fourth-order valence-electron chi connectivity index (χ4n) is 3.82. The molecule has 6 nitrogen and oxygen atoms in total. The molecule has 2 aliphatic rings. The van der Waals surface area contributed by atoms with E-state index in [0.29, 0.717) is 25.3 Å². The van der Waals surface area contributed by atoms with E-state index in [1.807, 2.05) is 13.1 Å². The number of likely N-dealkylation sites (tertiary alicyclic amines) is 1.